The van der Waals surface area contributed by atoms with Gasteiger partial charge >= 0.3 is 45.8 Å². The second-order valence-electron chi connectivity index (χ2n) is 7.91. The van der Waals surface area contributed by atoms with Crippen LogP contribution < -0.4 is 9.46 Å². The molecule has 13 heteroatoms. The van der Waals surface area contributed by atoms with Crippen molar-refractivity contribution in [3.63, 3.8) is 0 Å². The summed E-state index contributed by atoms with van der Waals surface area (Å²) in [6, 6.07) is 14.3. The summed E-state index contributed by atoms with van der Waals surface area (Å²) in [5.41, 5.74) is 1.11. The van der Waals surface area contributed by atoms with Gasteiger partial charge in [-0.2, -0.15) is 13.1 Å². The van der Waals surface area contributed by atoms with Crippen molar-refractivity contribution in [1.82, 2.24) is 4.72 Å². The summed E-state index contributed by atoms with van der Waals surface area (Å²) in [6.45, 7) is 1.71. The minimum absolute atomic E-state index is 0. The van der Waals surface area contributed by atoms with Crippen molar-refractivity contribution >= 4 is 45.8 Å². The fourth-order valence-electron chi connectivity index (χ4n) is 3.86. The Kier molecular flexibility index (Phi) is 12.9. The molecule has 0 saturated carbocycles. The van der Waals surface area contributed by atoms with E-state index in [2.05, 4.69) is 4.72 Å². The molecule has 1 aliphatic rings. The summed E-state index contributed by atoms with van der Waals surface area (Å²) in [4.78, 5) is 12.5. The zero-order valence-corrected chi connectivity index (χ0v) is 21.1. The van der Waals surface area contributed by atoms with Gasteiger partial charge in [-0.05, 0) is 36.8 Å². The zero-order chi connectivity index (χ0) is 26.1. The van der Waals surface area contributed by atoms with Crippen LogP contribution in [0.4, 0.5) is 0 Å². The number of carbonyl (C=O) groups is 1. The van der Waals surface area contributed by atoms with Gasteiger partial charge < -0.3 is 28.4 Å². The second kappa shape index (κ2) is 15.1. The summed E-state index contributed by atoms with van der Waals surface area (Å²) in [6.07, 6.45) is -3.99. The van der Waals surface area contributed by atoms with Gasteiger partial charge in [-0.3, -0.25) is 4.55 Å². The van der Waals surface area contributed by atoms with Crippen molar-refractivity contribution in [2.45, 2.75) is 44.2 Å². The summed E-state index contributed by atoms with van der Waals surface area (Å²) < 4.78 is 69.2. The molecule has 1 aliphatic heterocycles. The third-order valence-electron chi connectivity index (χ3n) is 5.52. The number of benzene rings is 2. The van der Waals surface area contributed by atoms with Gasteiger partial charge in [0.1, 0.15) is 30.7 Å². The first-order valence-electron chi connectivity index (χ1n) is 11.3. The van der Waals surface area contributed by atoms with E-state index in [0.29, 0.717) is 11.3 Å². The van der Waals surface area contributed by atoms with Crippen molar-refractivity contribution in [2.75, 3.05) is 27.4 Å². The number of esters is 1. The number of methoxy groups -OCH3 is 2. The maximum atomic E-state index is 12.5. The first-order valence-corrected chi connectivity index (χ1v) is 12.7. The molecule has 0 unspecified atom stereocenters. The van der Waals surface area contributed by atoms with Crippen molar-refractivity contribution in [3.05, 3.63) is 65.7 Å². The van der Waals surface area contributed by atoms with Gasteiger partial charge in [0.05, 0.1) is 25.3 Å². The summed E-state index contributed by atoms with van der Waals surface area (Å²) >= 11 is 0. The van der Waals surface area contributed by atoms with Gasteiger partial charge in [0.15, 0.2) is 6.29 Å². The summed E-state index contributed by atoms with van der Waals surface area (Å²) in [5.74, 6) is 0.0732. The molecule has 11 nitrogen and oxygen atoms in total. The Bertz CT molecular complexity index is 1070. The summed E-state index contributed by atoms with van der Waals surface area (Å²) in [7, 11) is -1.75. The minimum atomic E-state index is -4.67. The molecule has 0 radical (unpaired) electrons. The number of ether oxygens (including phenoxy) is 6. The molecule has 37 heavy (non-hydrogen) atoms. The van der Waals surface area contributed by atoms with Gasteiger partial charge in [-0.1, -0.05) is 30.3 Å². The molecule has 0 aliphatic carbocycles. The van der Waals surface area contributed by atoms with Crippen LogP contribution in [0.15, 0.2) is 54.6 Å². The average Bonchev–Trinajstić information content (AvgIpc) is 2.87. The molecule has 2 aromatic rings. The number of nitrogens with one attached hydrogen (secondary N) is 1. The van der Waals surface area contributed by atoms with E-state index in [1.807, 2.05) is 0 Å². The van der Waals surface area contributed by atoms with Crippen LogP contribution in [0.25, 0.3) is 0 Å². The first-order chi connectivity index (χ1) is 17.3. The average molecular weight is 550 g/mol. The molecule has 3 rings (SSSR count). The maximum absolute atomic E-state index is 12.5. The Balaban J connectivity index is 0.00000481. The van der Waals surface area contributed by atoms with Crippen LogP contribution in [0.2, 0.25) is 0 Å². The van der Waals surface area contributed by atoms with E-state index in [-0.39, 0.29) is 49.4 Å². The molecule has 1 fully saturated rings. The van der Waals surface area contributed by atoms with E-state index in [9.17, 15) is 17.8 Å². The Morgan fingerprint density at radius 1 is 1.03 bits per heavy atom. The van der Waals surface area contributed by atoms with Crippen molar-refractivity contribution in [1.29, 1.82) is 0 Å². The molecule has 2 aromatic carbocycles. The van der Waals surface area contributed by atoms with Crippen LogP contribution in [-0.4, -0.2) is 107 Å². The Morgan fingerprint density at radius 2 is 1.70 bits per heavy atom. The topological polar surface area (TPSA) is 139 Å². The second-order valence-corrected chi connectivity index (χ2v) is 9.09. The van der Waals surface area contributed by atoms with E-state index in [0.717, 1.165) is 5.56 Å². The van der Waals surface area contributed by atoms with Gasteiger partial charge in [-0.15, -0.1) is 0 Å². The predicted octanol–water partition coefficient (Wildman–Crippen LogP) is 1.33. The van der Waals surface area contributed by atoms with E-state index >= 15 is 0 Å². The molecule has 1 saturated heterocycles. The molecular weight excluding hydrogens is 517 g/mol. The molecular formula is C24H32NNaO10S. The quantitative estimate of drug-likeness (QED) is 0.226. The van der Waals surface area contributed by atoms with Gasteiger partial charge in [0, 0.05) is 13.7 Å². The van der Waals surface area contributed by atoms with Gasteiger partial charge in [-0.25, -0.2) is 4.79 Å². The Morgan fingerprint density at radius 3 is 2.27 bits per heavy atom. The van der Waals surface area contributed by atoms with Gasteiger partial charge in [0.2, 0.25) is 0 Å². The fraction of sp³-hybridized carbons (Fsp3) is 0.458. The predicted molar refractivity (Wildman–Crippen MR) is 135 cm³/mol. The van der Waals surface area contributed by atoms with E-state index in [4.69, 9.17) is 28.4 Å². The Labute approximate surface area is 238 Å². The number of carbonyl (C=O) groups excluding carboxylic acids is 1. The van der Waals surface area contributed by atoms with Gasteiger partial charge in [0.25, 0.3) is 0 Å². The van der Waals surface area contributed by atoms with Crippen LogP contribution in [0.3, 0.4) is 0 Å². The molecule has 0 spiro atoms. The first kappa shape index (κ1) is 31.6. The molecule has 0 bridgehead atoms. The normalized spacial score (nSPS) is 23.6. The van der Waals surface area contributed by atoms with Crippen LogP contribution in [0, 0.1) is 0 Å². The fourth-order valence-corrected chi connectivity index (χ4v) is 4.47. The van der Waals surface area contributed by atoms with Crippen LogP contribution in [-0.2, 0) is 40.6 Å². The Hall–Kier alpha value is -1.58. The van der Waals surface area contributed by atoms with E-state index in [1.165, 1.54) is 7.11 Å². The molecule has 2 N–H and O–H groups in total. The third kappa shape index (κ3) is 9.29. The van der Waals surface area contributed by atoms with Crippen LogP contribution >= 0.6 is 0 Å². The number of hydrogen-bond donors (Lipinski definition) is 2. The van der Waals surface area contributed by atoms with E-state index < -0.39 is 46.9 Å². The molecule has 5 atom stereocenters. The van der Waals surface area contributed by atoms with Crippen molar-refractivity contribution in [2.24, 2.45) is 0 Å². The van der Waals surface area contributed by atoms with E-state index in [1.54, 1.807) is 68.6 Å². The number of rotatable bonds is 12. The monoisotopic (exact) mass is 549 g/mol. The molecule has 200 valence electrons. The van der Waals surface area contributed by atoms with Crippen LogP contribution in [0.1, 0.15) is 22.8 Å². The van der Waals surface area contributed by atoms with Crippen LogP contribution in [0.5, 0.6) is 5.75 Å². The van der Waals surface area contributed by atoms with Crippen molar-refractivity contribution < 1.29 is 46.2 Å². The molecule has 0 aromatic heterocycles. The molecule has 1 heterocycles. The zero-order valence-electron chi connectivity index (χ0n) is 20.2. The van der Waals surface area contributed by atoms with Crippen molar-refractivity contribution in [3.8, 4) is 5.75 Å². The molecule has 0 amide bonds. The summed E-state index contributed by atoms with van der Waals surface area (Å²) in [5, 5.41) is 0. The number of hydrogen-bond acceptors (Lipinski definition) is 9. The standard InChI is InChI=1S/C24H31NO10S.Na.H/c1-4-32-22-20(25-36(27,28)29)21(33-14-16-10-12-18(30-2)13-11-16)19(35-24(22)31-3)15-34-23(26)17-8-6-5-7-9-17;;/h5-13,19-22,24-25H,4,14-15H2,1-3H3,(H,27,28,29);;/t19-,20+,21-,22+,24+;;/m1../s1. The third-order valence-corrected chi connectivity index (χ3v) is 6.09. The SMILES string of the molecule is CCO[C@@H]1[C@@H](OC)O[C@H](COC(=O)c2ccccc2)[C@@H](OCc2ccc(OC)cc2)[C@@H]1NS(=O)(=O)O.[NaH].